The molecule has 0 saturated heterocycles. The second-order valence-electron chi connectivity index (χ2n) is 13.4. The summed E-state index contributed by atoms with van der Waals surface area (Å²) in [7, 11) is 0. The van der Waals surface area contributed by atoms with Crippen molar-refractivity contribution in [3.63, 3.8) is 0 Å². The van der Waals surface area contributed by atoms with Crippen molar-refractivity contribution in [3.8, 4) is 28.5 Å². The Morgan fingerprint density at radius 3 is 1.38 bits per heavy atom. The highest BCUT2D eigenvalue weighted by Crippen LogP contribution is 2.38. The van der Waals surface area contributed by atoms with E-state index in [2.05, 4.69) is 124 Å². The molecule has 6 heteroatoms. The molecule has 0 bridgehead atoms. The third-order valence-electron chi connectivity index (χ3n) is 10.6. The van der Waals surface area contributed by atoms with Crippen LogP contribution in [0.5, 0.6) is 0 Å². The molecule has 0 saturated carbocycles. The molecule has 0 amide bonds. The minimum Gasteiger partial charge on any atom is -0.309 e. The van der Waals surface area contributed by atoms with Crippen LogP contribution in [0.25, 0.3) is 93.7 Å². The molecular formula is C47H29N5O. The molecule has 4 aromatic heterocycles. The Hall–Kier alpha value is -7.31. The number of nitrogens with zero attached hydrogens (tertiary/aromatic N) is 5. The summed E-state index contributed by atoms with van der Waals surface area (Å²) < 4.78 is 6.17. The molecule has 7 aromatic carbocycles. The second kappa shape index (κ2) is 11.4. The Labute approximate surface area is 303 Å². The number of fused-ring (bicyclic) bond motifs is 9. The minimum atomic E-state index is -0.0946. The number of hydrogen-bond donors (Lipinski definition) is 0. The summed E-state index contributed by atoms with van der Waals surface area (Å²) in [5.74, 6) is 0.543. The topological polar surface area (TPSA) is 57.6 Å². The molecule has 0 atom stereocenters. The van der Waals surface area contributed by atoms with Crippen molar-refractivity contribution in [1.29, 1.82) is 0 Å². The molecule has 11 rings (SSSR count). The van der Waals surface area contributed by atoms with Crippen molar-refractivity contribution in [2.75, 3.05) is 0 Å². The van der Waals surface area contributed by atoms with Gasteiger partial charge in [-0.2, -0.15) is 0 Å². The summed E-state index contributed by atoms with van der Waals surface area (Å²) >= 11 is 0. The van der Waals surface area contributed by atoms with E-state index >= 15 is 0 Å². The number of para-hydroxylation sites is 4. The van der Waals surface area contributed by atoms with Gasteiger partial charge >= 0.3 is 0 Å². The zero-order valence-corrected chi connectivity index (χ0v) is 28.4. The van der Waals surface area contributed by atoms with E-state index in [0.717, 1.165) is 54.9 Å². The fourth-order valence-corrected chi connectivity index (χ4v) is 8.21. The molecular weight excluding hydrogens is 651 g/mol. The number of pyridine rings is 1. The Kier molecular flexibility index (Phi) is 6.30. The van der Waals surface area contributed by atoms with Gasteiger partial charge in [0.25, 0.3) is 5.56 Å². The van der Waals surface area contributed by atoms with Crippen molar-refractivity contribution in [2.24, 2.45) is 0 Å². The second-order valence-corrected chi connectivity index (χ2v) is 13.4. The molecule has 11 aromatic rings. The molecule has 0 unspecified atom stereocenters. The van der Waals surface area contributed by atoms with E-state index in [4.69, 9.17) is 9.97 Å². The summed E-state index contributed by atoms with van der Waals surface area (Å²) in [6.07, 6.45) is 3.50. The highest BCUT2D eigenvalue weighted by Gasteiger charge is 2.18. The first kappa shape index (κ1) is 29.4. The van der Waals surface area contributed by atoms with Crippen LogP contribution in [0.1, 0.15) is 0 Å². The van der Waals surface area contributed by atoms with Gasteiger partial charge in [-0.1, -0.05) is 103 Å². The molecule has 0 radical (unpaired) electrons. The highest BCUT2D eigenvalue weighted by atomic mass is 16.1. The number of hydrogen-bond acceptors (Lipinski definition) is 3. The molecule has 0 aliphatic carbocycles. The molecule has 248 valence electrons. The van der Waals surface area contributed by atoms with Crippen LogP contribution in [0.3, 0.4) is 0 Å². The fraction of sp³-hybridized carbons (Fsp3) is 0. The molecule has 0 spiro atoms. The van der Waals surface area contributed by atoms with Crippen molar-refractivity contribution in [1.82, 2.24) is 23.7 Å². The fourth-order valence-electron chi connectivity index (χ4n) is 8.21. The smallest absolute Gasteiger partial charge is 0.263 e. The predicted molar refractivity (Wildman–Crippen MR) is 217 cm³/mol. The predicted octanol–water partition coefficient (Wildman–Crippen LogP) is 10.8. The van der Waals surface area contributed by atoms with Crippen LogP contribution in [0.4, 0.5) is 0 Å². The monoisotopic (exact) mass is 679 g/mol. The van der Waals surface area contributed by atoms with Crippen molar-refractivity contribution in [2.45, 2.75) is 0 Å². The van der Waals surface area contributed by atoms with Gasteiger partial charge in [-0.05, 0) is 77.2 Å². The number of rotatable bonds is 4. The lowest BCUT2D eigenvalue weighted by Crippen LogP contribution is -2.19. The molecule has 53 heavy (non-hydrogen) atoms. The normalized spacial score (nSPS) is 11.8. The van der Waals surface area contributed by atoms with Crippen LogP contribution in [0, 0.1) is 0 Å². The van der Waals surface area contributed by atoms with Crippen molar-refractivity contribution < 1.29 is 0 Å². The molecule has 0 fully saturated rings. The van der Waals surface area contributed by atoms with Gasteiger partial charge in [0, 0.05) is 38.0 Å². The van der Waals surface area contributed by atoms with Gasteiger partial charge in [-0.15, -0.1) is 0 Å². The van der Waals surface area contributed by atoms with E-state index in [0.29, 0.717) is 17.0 Å². The van der Waals surface area contributed by atoms with Crippen LogP contribution >= 0.6 is 0 Å². The molecule has 0 N–H and O–H groups in total. The van der Waals surface area contributed by atoms with Gasteiger partial charge in [-0.3, -0.25) is 13.9 Å². The third-order valence-corrected chi connectivity index (χ3v) is 10.6. The van der Waals surface area contributed by atoms with Gasteiger partial charge < -0.3 is 4.57 Å². The quantitative estimate of drug-likeness (QED) is 0.174. The zero-order chi connectivity index (χ0) is 35.0. The number of benzene rings is 7. The van der Waals surface area contributed by atoms with Gasteiger partial charge in [0.1, 0.15) is 0 Å². The maximum atomic E-state index is 13.9. The van der Waals surface area contributed by atoms with Gasteiger partial charge in [-0.25, -0.2) is 9.97 Å². The lowest BCUT2D eigenvalue weighted by molar-refractivity contribution is 0.949. The highest BCUT2D eigenvalue weighted by molar-refractivity contribution is 6.12. The first-order chi connectivity index (χ1) is 26.2. The Morgan fingerprint density at radius 1 is 0.340 bits per heavy atom. The summed E-state index contributed by atoms with van der Waals surface area (Å²) in [6, 6.07) is 56.7. The summed E-state index contributed by atoms with van der Waals surface area (Å²) in [5, 5.41) is 7.29. The standard InChI is InChI=1S/C47H29N5O/c53-46-38-18-5-4-14-34(38)35-15-6-10-20-42(35)51(46)33-28-48-47(49-29-33)52-43-21-11-8-17-37(43)40-27-31(23-25-45(40)52)30-22-24-44-39(26-30)36-16-7-9-19-41(36)50(44)32-12-2-1-3-13-32/h1-29H. The summed E-state index contributed by atoms with van der Waals surface area (Å²) in [4.78, 5) is 23.6. The zero-order valence-electron chi connectivity index (χ0n) is 28.4. The van der Waals surface area contributed by atoms with E-state index < -0.39 is 0 Å². The Bertz CT molecular complexity index is 3300. The van der Waals surface area contributed by atoms with Crippen molar-refractivity contribution in [3.05, 3.63) is 187 Å². The van der Waals surface area contributed by atoms with E-state index in [-0.39, 0.29) is 5.56 Å². The van der Waals surface area contributed by atoms with E-state index in [9.17, 15) is 4.79 Å². The van der Waals surface area contributed by atoms with Crippen LogP contribution in [-0.2, 0) is 0 Å². The van der Waals surface area contributed by atoms with Crippen LogP contribution in [0.15, 0.2) is 181 Å². The molecule has 4 heterocycles. The minimum absolute atomic E-state index is 0.0946. The number of aromatic nitrogens is 5. The SMILES string of the molecule is O=c1c2ccccc2c2ccccc2n1-c1cnc(-n2c3ccccc3c3cc(-c4ccc5c(c4)c4ccccc4n5-c4ccccc4)ccc32)nc1. The average molecular weight is 680 g/mol. The lowest BCUT2D eigenvalue weighted by atomic mass is 10.0. The van der Waals surface area contributed by atoms with E-state index in [1.165, 1.54) is 21.8 Å². The van der Waals surface area contributed by atoms with Crippen LogP contribution in [-0.4, -0.2) is 23.7 Å². The average Bonchev–Trinajstić information content (AvgIpc) is 3.74. The molecule has 6 nitrogen and oxygen atoms in total. The first-order valence-corrected chi connectivity index (χ1v) is 17.7. The van der Waals surface area contributed by atoms with Crippen molar-refractivity contribution >= 4 is 65.3 Å². The van der Waals surface area contributed by atoms with Gasteiger partial charge in [0.05, 0.1) is 45.7 Å². The summed E-state index contributed by atoms with van der Waals surface area (Å²) in [5.41, 5.74) is 9.18. The van der Waals surface area contributed by atoms with Gasteiger partial charge in [0.15, 0.2) is 0 Å². The largest absolute Gasteiger partial charge is 0.309 e. The van der Waals surface area contributed by atoms with E-state index in [1.807, 2.05) is 48.5 Å². The Morgan fingerprint density at radius 2 is 0.774 bits per heavy atom. The lowest BCUT2D eigenvalue weighted by Gasteiger charge is -2.13. The molecule has 0 aliphatic heterocycles. The molecule has 0 aliphatic rings. The summed E-state index contributed by atoms with van der Waals surface area (Å²) in [6.45, 7) is 0. The van der Waals surface area contributed by atoms with E-state index in [1.54, 1.807) is 17.0 Å². The van der Waals surface area contributed by atoms with Gasteiger partial charge in [0.2, 0.25) is 5.95 Å². The Balaban J connectivity index is 1.05. The van der Waals surface area contributed by atoms with Crippen LogP contribution in [0.2, 0.25) is 0 Å². The maximum Gasteiger partial charge on any atom is 0.263 e. The maximum absolute atomic E-state index is 13.9. The van der Waals surface area contributed by atoms with Crippen LogP contribution < -0.4 is 5.56 Å². The first-order valence-electron chi connectivity index (χ1n) is 17.7. The third kappa shape index (κ3) is 4.36.